The van der Waals surface area contributed by atoms with Crippen LogP contribution in [0.15, 0.2) is 23.1 Å². The molecule has 0 atom stereocenters. The van der Waals surface area contributed by atoms with Crippen molar-refractivity contribution in [2.75, 3.05) is 20.1 Å². The predicted molar refractivity (Wildman–Crippen MR) is 79.6 cm³/mol. The maximum Gasteiger partial charge on any atom is 0.318 e. The number of sulfonamides is 1. The van der Waals surface area contributed by atoms with Gasteiger partial charge in [-0.05, 0) is 24.6 Å². The third-order valence-corrected chi connectivity index (χ3v) is 5.32. The zero-order chi connectivity index (χ0) is 17.4. The molecule has 0 aliphatic carbocycles. The number of nitrogens with zero attached hydrogens (tertiary/aromatic N) is 2. The van der Waals surface area contributed by atoms with Gasteiger partial charge in [-0.25, -0.2) is 8.42 Å². The second-order valence-electron chi connectivity index (χ2n) is 5.11. The van der Waals surface area contributed by atoms with E-state index in [0.29, 0.717) is 6.42 Å². The summed E-state index contributed by atoms with van der Waals surface area (Å²) in [5.41, 5.74) is 0.141. The summed E-state index contributed by atoms with van der Waals surface area (Å²) in [4.78, 5) is 35.4. The number of aliphatic carboxylic acids is 1. The molecule has 9 heteroatoms. The van der Waals surface area contributed by atoms with E-state index in [9.17, 15) is 22.8 Å². The lowest BCUT2D eigenvalue weighted by molar-refractivity contribution is -0.137. The van der Waals surface area contributed by atoms with Crippen molar-refractivity contribution in [3.63, 3.8) is 0 Å². The molecule has 0 saturated carbocycles. The van der Waals surface area contributed by atoms with Gasteiger partial charge in [0.15, 0.2) is 0 Å². The molecule has 1 aliphatic rings. The van der Waals surface area contributed by atoms with Crippen LogP contribution in [0.25, 0.3) is 0 Å². The quantitative estimate of drug-likeness (QED) is 0.750. The Kier molecular flexibility index (Phi) is 4.53. The Bertz CT molecular complexity index is 786. The molecule has 1 aliphatic heterocycles. The Balaban J connectivity index is 2.47. The molecule has 0 saturated heterocycles. The first-order chi connectivity index (χ1) is 10.7. The van der Waals surface area contributed by atoms with E-state index in [-0.39, 0.29) is 22.6 Å². The van der Waals surface area contributed by atoms with E-state index < -0.39 is 34.4 Å². The molecule has 1 aromatic carbocycles. The average Bonchev–Trinajstić information content (AvgIpc) is 2.71. The van der Waals surface area contributed by atoms with Crippen LogP contribution in [0.2, 0.25) is 0 Å². The Morgan fingerprint density at radius 2 is 1.83 bits per heavy atom. The fourth-order valence-corrected chi connectivity index (χ4v) is 3.84. The van der Waals surface area contributed by atoms with Gasteiger partial charge in [0, 0.05) is 13.6 Å². The molecule has 2 rings (SSSR count). The summed E-state index contributed by atoms with van der Waals surface area (Å²) < 4.78 is 26.0. The van der Waals surface area contributed by atoms with Crippen molar-refractivity contribution in [2.45, 2.75) is 18.2 Å². The molecular formula is C14H16N2O6S. The van der Waals surface area contributed by atoms with Crippen molar-refractivity contribution >= 4 is 27.8 Å². The molecule has 0 unspecified atom stereocenters. The van der Waals surface area contributed by atoms with Crippen LogP contribution in [0.1, 0.15) is 34.1 Å². The zero-order valence-electron chi connectivity index (χ0n) is 12.6. The molecule has 0 bridgehead atoms. The van der Waals surface area contributed by atoms with Crippen LogP contribution in [-0.2, 0) is 14.8 Å². The fourth-order valence-electron chi connectivity index (χ4n) is 2.33. The summed E-state index contributed by atoms with van der Waals surface area (Å²) in [6.07, 6.45) is 0.442. The first-order valence-corrected chi connectivity index (χ1v) is 8.32. The molecule has 8 nitrogen and oxygen atoms in total. The van der Waals surface area contributed by atoms with Gasteiger partial charge in [-0.15, -0.1) is 0 Å². The van der Waals surface area contributed by atoms with Gasteiger partial charge < -0.3 is 5.11 Å². The average molecular weight is 340 g/mol. The number of amides is 2. The van der Waals surface area contributed by atoms with Crippen LogP contribution >= 0.6 is 0 Å². The van der Waals surface area contributed by atoms with Crippen molar-refractivity contribution in [1.82, 2.24) is 9.21 Å². The normalized spacial score (nSPS) is 14.5. The maximum absolute atomic E-state index is 12.6. The van der Waals surface area contributed by atoms with Crippen molar-refractivity contribution in [1.29, 1.82) is 0 Å². The first-order valence-electron chi connectivity index (χ1n) is 6.88. The molecule has 23 heavy (non-hydrogen) atoms. The number of carbonyl (C=O) groups is 3. The second-order valence-corrected chi connectivity index (χ2v) is 7.05. The summed E-state index contributed by atoms with van der Waals surface area (Å²) in [6, 6.07) is 3.61. The first kappa shape index (κ1) is 17.1. The van der Waals surface area contributed by atoms with Crippen LogP contribution in [-0.4, -0.2) is 60.7 Å². The Hall–Kier alpha value is -2.26. The summed E-state index contributed by atoms with van der Waals surface area (Å²) in [6.45, 7) is 1.10. The highest BCUT2D eigenvalue weighted by molar-refractivity contribution is 7.89. The van der Waals surface area contributed by atoms with Gasteiger partial charge >= 0.3 is 5.97 Å². The number of carboxylic acid groups (broad SMARTS) is 1. The topological polar surface area (TPSA) is 112 Å². The van der Waals surface area contributed by atoms with Crippen LogP contribution in [0, 0.1) is 0 Å². The summed E-state index contributed by atoms with van der Waals surface area (Å²) in [7, 11) is -2.76. The minimum absolute atomic E-state index is 0.00495. The van der Waals surface area contributed by atoms with Gasteiger partial charge in [-0.2, -0.15) is 4.31 Å². The van der Waals surface area contributed by atoms with Crippen LogP contribution < -0.4 is 0 Å². The number of carbonyl (C=O) groups excluding carboxylic acids is 2. The van der Waals surface area contributed by atoms with Gasteiger partial charge in [0.05, 0.1) is 16.0 Å². The van der Waals surface area contributed by atoms with E-state index in [2.05, 4.69) is 0 Å². The molecular weight excluding hydrogens is 324 g/mol. The molecule has 1 N–H and O–H groups in total. The highest BCUT2D eigenvalue weighted by Crippen LogP contribution is 2.26. The lowest BCUT2D eigenvalue weighted by Gasteiger charge is -2.19. The van der Waals surface area contributed by atoms with E-state index in [1.807, 2.05) is 0 Å². The van der Waals surface area contributed by atoms with Gasteiger partial charge in [0.25, 0.3) is 11.8 Å². The van der Waals surface area contributed by atoms with E-state index in [1.54, 1.807) is 6.92 Å². The lowest BCUT2D eigenvalue weighted by atomic mass is 10.1. The van der Waals surface area contributed by atoms with E-state index >= 15 is 0 Å². The van der Waals surface area contributed by atoms with Gasteiger partial charge in [0.1, 0.15) is 6.54 Å². The Morgan fingerprint density at radius 3 is 2.39 bits per heavy atom. The summed E-state index contributed by atoms with van der Waals surface area (Å²) >= 11 is 0. The number of hydrogen-bond donors (Lipinski definition) is 1. The summed E-state index contributed by atoms with van der Waals surface area (Å²) in [5, 5.41) is 8.88. The van der Waals surface area contributed by atoms with Crippen LogP contribution in [0.4, 0.5) is 0 Å². The second kappa shape index (κ2) is 6.09. The SMILES string of the molecule is CCCN(CC(=O)O)S(=O)(=O)c1ccc2c(c1)C(=O)N(C)C2=O. The van der Waals surface area contributed by atoms with E-state index in [0.717, 1.165) is 15.3 Å². The molecule has 0 spiro atoms. The van der Waals surface area contributed by atoms with Crippen molar-refractivity contribution < 1.29 is 27.9 Å². The van der Waals surface area contributed by atoms with Gasteiger partial charge in [-0.1, -0.05) is 6.92 Å². The molecule has 2 amide bonds. The number of benzene rings is 1. The van der Waals surface area contributed by atoms with E-state index in [1.165, 1.54) is 19.2 Å². The number of hydrogen-bond acceptors (Lipinski definition) is 5. The lowest BCUT2D eigenvalue weighted by Crippen LogP contribution is -2.36. The molecule has 0 aromatic heterocycles. The fraction of sp³-hybridized carbons (Fsp3) is 0.357. The highest BCUT2D eigenvalue weighted by Gasteiger charge is 2.35. The number of fused-ring (bicyclic) bond motifs is 1. The van der Waals surface area contributed by atoms with E-state index in [4.69, 9.17) is 5.11 Å². The van der Waals surface area contributed by atoms with Crippen molar-refractivity contribution in [3.05, 3.63) is 29.3 Å². The van der Waals surface area contributed by atoms with Crippen molar-refractivity contribution in [2.24, 2.45) is 0 Å². The molecule has 0 radical (unpaired) electrons. The highest BCUT2D eigenvalue weighted by atomic mass is 32.2. The maximum atomic E-state index is 12.6. The zero-order valence-corrected chi connectivity index (χ0v) is 13.5. The molecule has 1 aromatic rings. The minimum Gasteiger partial charge on any atom is -0.480 e. The Labute approximate surface area is 133 Å². The predicted octanol–water partition coefficient (Wildman–Crippen LogP) is 0.398. The molecule has 1 heterocycles. The number of imide groups is 1. The molecule has 124 valence electrons. The molecule has 0 fully saturated rings. The third-order valence-electron chi connectivity index (χ3n) is 3.48. The van der Waals surface area contributed by atoms with Gasteiger partial charge in [-0.3, -0.25) is 19.3 Å². The summed E-state index contributed by atoms with van der Waals surface area (Å²) in [5.74, 6) is -2.35. The third kappa shape index (κ3) is 2.97. The Morgan fingerprint density at radius 1 is 1.22 bits per heavy atom. The number of carboxylic acids is 1. The monoisotopic (exact) mass is 340 g/mol. The van der Waals surface area contributed by atoms with Gasteiger partial charge in [0.2, 0.25) is 10.0 Å². The van der Waals surface area contributed by atoms with Crippen molar-refractivity contribution in [3.8, 4) is 0 Å². The standard InChI is InChI=1S/C14H16N2O6S/c1-3-6-16(8-12(17)18)23(21,22)9-4-5-10-11(7-9)14(20)15(2)13(10)19/h4-5,7H,3,6,8H2,1-2H3,(H,17,18). The largest absolute Gasteiger partial charge is 0.480 e. The smallest absolute Gasteiger partial charge is 0.318 e. The van der Waals surface area contributed by atoms with Crippen LogP contribution in [0.3, 0.4) is 0 Å². The van der Waals surface area contributed by atoms with Crippen LogP contribution in [0.5, 0.6) is 0 Å². The number of rotatable bonds is 6. The minimum atomic E-state index is -4.07.